The minimum Gasteiger partial charge on any atom is -0.465 e. The summed E-state index contributed by atoms with van der Waals surface area (Å²) in [5, 5.41) is 0. The molecule has 0 unspecified atom stereocenters. The average molecular weight is 287 g/mol. The van der Waals surface area contributed by atoms with Crippen molar-refractivity contribution in [2.45, 2.75) is 13.5 Å². The van der Waals surface area contributed by atoms with Crippen molar-refractivity contribution in [2.75, 3.05) is 7.11 Å². The van der Waals surface area contributed by atoms with Crippen molar-refractivity contribution in [1.82, 2.24) is 0 Å². The number of methoxy groups -OCH3 is 1. The molecule has 0 saturated heterocycles. The summed E-state index contributed by atoms with van der Waals surface area (Å²) in [7, 11) is 1.31. The minimum atomic E-state index is -0.434. The van der Waals surface area contributed by atoms with E-state index in [1.165, 1.54) is 14.0 Å². The molecule has 4 nitrogen and oxygen atoms in total. The second-order valence-corrected chi connectivity index (χ2v) is 3.84. The van der Waals surface area contributed by atoms with Crippen LogP contribution in [0, 0.1) is 0 Å². The maximum Gasteiger partial charge on any atom is 0.339 e. The van der Waals surface area contributed by atoms with Crippen LogP contribution >= 0.6 is 15.9 Å². The van der Waals surface area contributed by atoms with Gasteiger partial charge in [-0.05, 0) is 22.0 Å². The molecular formula is C11H11BrO4. The summed E-state index contributed by atoms with van der Waals surface area (Å²) in [5.41, 5.74) is 1.13. The first-order chi connectivity index (χ1) is 7.56. The lowest BCUT2D eigenvalue weighted by Crippen LogP contribution is -2.05. The minimum absolute atomic E-state index is 0.126. The first-order valence-electron chi connectivity index (χ1n) is 4.55. The van der Waals surface area contributed by atoms with Crippen molar-refractivity contribution in [3.05, 3.63) is 33.8 Å². The quantitative estimate of drug-likeness (QED) is 0.800. The molecule has 1 rings (SSSR count). The van der Waals surface area contributed by atoms with Crippen LogP contribution in [0.2, 0.25) is 0 Å². The molecule has 5 heteroatoms. The van der Waals surface area contributed by atoms with Gasteiger partial charge in [-0.2, -0.15) is 0 Å². The van der Waals surface area contributed by atoms with Gasteiger partial charge in [0.25, 0.3) is 0 Å². The van der Waals surface area contributed by atoms with Gasteiger partial charge in [0.05, 0.1) is 12.7 Å². The Morgan fingerprint density at radius 1 is 1.38 bits per heavy atom. The van der Waals surface area contributed by atoms with Crippen molar-refractivity contribution in [3.8, 4) is 0 Å². The third-order valence-electron chi connectivity index (χ3n) is 1.91. The molecule has 0 spiro atoms. The number of rotatable bonds is 3. The molecule has 0 aliphatic heterocycles. The summed E-state index contributed by atoms with van der Waals surface area (Å²) < 4.78 is 10.1. The Kier molecular flexibility index (Phi) is 4.49. The molecule has 0 fully saturated rings. The van der Waals surface area contributed by atoms with Gasteiger partial charge < -0.3 is 9.47 Å². The van der Waals surface area contributed by atoms with E-state index >= 15 is 0 Å². The Morgan fingerprint density at radius 3 is 2.62 bits per heavy atom. The molecule has 0 bridgehead atoms. The lowest BCUT2D eigenvalue weighted by molar-refractivity contribution is -0.142. The zero-order valence-electron chi connectivity index (χ0n) is 8.95. The average Bonchev–Trinajstić information content (AvgIpc) is 2.26. The maximum absolute atomic E-state index is 11.4. The molecule has 1 aromatic rings. The van der Waals surface area contributed by atoms with Crippen LogP contribution < -0.4 is 0 Å². The summed E-state index contributed by atoms with van der Waals surface area (Å²) in [6.07, 6.45) is 0. The fourth-order valence-corrected chi connectivity index (χ4v) is 1.68. The standard InChI is InChI=1S/C11H11BrO4/c1-7(13)16-6-8-4-3-5-9(10(8)12)11(14)15-2/h3-5H,6H2,1-2H3. The van der Waals surface area contributed by atoms with Gasteiger partial charge in [0.15, 0.2) is 0 Å². The van der Waals surface area contributed by atoms with Crippen LogP contribution in [0.25, 0.3) is 0 Å². The molecule has 0 atom stereocenters. The largest absolute Gasteiger partial charge is 0.465 e. The van der Waals surface area contributed by atoms with E-state index in [2.05, 4.69) is 20.7 Å². The predicted octanol–water partition coefficient (Wildman–Crippen LogP) is 2.30. The topological polar surface area (TPSA) is 52.6 Å². The monoisotopic (exact) mass is 286 g/mol. The number of benzene rings is 1. The number of hydrogen-bond acceptors (Lipinski definition) is 4. The first kappa shape index (κ1) is 12.7. The summed E-state index contributed by atoms with van der Waals surface area (Å²) >= 11 is 3.28. The second-order valence-electron chi connectivity index (χ2n) is 3.05. The highest BCUT2D eigenvalue weighted by atomic mass is 79.9. The Bertz CT molecular complexity index is 414. The van der Waals surface area contributed by atoms with E-state index in [9.17, 15) is 9.59 Å². The van der Waals surface area contributed by atoms with Crippen molar-refractivity contribution < 1.29 is 19.1 Å². The van der Waals surface area contributed by atoms with Gasteiger partial charge in [-0.25, -0.2) is 4.79 Å². The molecule has 0 aliphatic rings. The van der Waals surface area contributed by atoms with Crippen LogP contribution in [-0.2, 0) is 20.9 Å². The molecule has 0 radical (unpaired) electrons. The van der Waals surface area contributed by atoms with Gasteiger partial charge in [-0.15, -0.1) is 0 Å². The molecular weight excluding hydrogens is 276 g/mol. The molecule has 0 saturated carbocycles. The summed E-state index contributed by atoms with van der Waals surface area (Å²) in [4.78, 5) is 22.0. The molecule has 86 valence electrons. The van der Waals surface area contributed by atoms with Crippen molar-refractivity contribution >= 4 is 27.9 Å². The number of carbonyl (C=O) groups excluding carboxylic acids is 2. The predicted molar refractivity (Wildman–Crippen MR) is 61.0 cm³/mol. The van der Waals surface area contributed by atoms with Gasteiger partial charge in [-0.1, -0.05) is 12.1 Å². The van der Waals surface area contributed by atoms with E-state index < -0.39 is 5.97 Å². The molecule has 0 aromatic heterocycles. The molecule has 0 N–H and O–H groups in total. The van der Waals surface area contributed by atoms with Crippen LogP contribution in [0.4, 0.5) is 0 Å². The van der Waals surface area contributed by atoms with Gasteiger partial charge in [-0.3, -0.25) is 4.79 Å². The lowest BCUT2D eigenvalue weighted by atomic mass is 10.1. The SMILES string of the molecule is COC(=O)c1cccc(COC(C)=O)c1Br. The van der Waals surface area contributed by atoms with Gasteiger partial charge in [0, 0.05) is 17.0 Å². The highest BCUT2D eigenvalue weighted by Gasteiger charge is 2.13. The highest BCUT2D eigenvalue weighted by Crippen LogP contribution is 2.23. The molecule has 0 amide bonds. The number of ether oxygens (including phenoxy) is 2. The van der Waals surface area contributed by atoms with Gasteiger partial charge >= 0.3 is 11.9 Å². The second kappa shape index (κ2) is 5.65. The Labute approximate surface area is 102 Å². The van der Waals surface area contributed by atoms with E-state index in [4.69, 9.17) is 4.74 Å². The fraction of sp³-hybridized carbons (Fsp3) is 0.273. The van der Waals surface area contributed by atoms with Crippen LogP contribution in [0.5, 0.6) is 0 Å². The molecule has 16 heavy (non-hydrogen) atoms. The van der Waals surface area contributed by atoms with E-state index in [1.807, 2.05) is 0 Å². The van der Waals surface area contributed by atoms with E-state index in [0.29, 0.717) is 10.0 Å². The molecule has 0 aliphatic carbocycles. The van der Waals surface area contributed by atoms with Gasteiger partial charge in [0.2, 0.25) is 0 Å². The summed E-state index contributed by atoms with van der Waals surface area (Å²) in [6, 6.07) is 5.10. The number of halogens is 1. The van der Waals surface area contributed by atoms with Crippen molar-refractivity contribution in [3.63, 3.8) is 0 Å². The number of esters is 2. The van der Waals surface area contributed by atoms with Crippen molar-refractivity contribution in [2.24, 2.45) is 0 Å². The van der Waals surface area contributed by atoms with Crippen LogP contribution in [0.15, 0.2) is 22.7 Å². The third-order valence-corrected chi connectivity index (χ3v) is 2.85. The van der Waals surface area contributed by atoms with E-state index in [1.54, 1.807) is 18.2 Å². The smallest absolute Gasteiger partial charge is 0.339 e. The van der Waals surface area contributed by atoms with Crippen LogP contribution in [0.3, 0.4) is 0 Å². The van der Waals surface area contributed by atoms with Crippen LogP contribution in [0.1, 0.15) is 22.8 Å². The van der Waals surface area contributed by atoms with Crippen molar-refractivity contribution in [1.29, 1.82) is 0 Å². The maximum atomic E-state index is 11.4. The normalized spacial score (nSPS) is 9.69. The number of carbonyl (C=O) groups is 2. The third kappa shape index (κ3) is 3.06. The molecule has 1 aromatic carbocycles. The first-order valence-corrected chi connectivity index (χ1v) is 5.34. The lowest BCUT2D eigenvalue weighted by Gasteiger charge is -2.08. The highest BCUT2D eigenvalue weighted by molar-refractivity contribution is 9.10. The number of hydrogen-bond donors (Lipinski definition) is 0. The van der Waals surface area contributed by atoms with E-state index in [-0.39, 0.29) is 12.6 Å². The fourth-order valence-electron chi connectivity index (χ4n) is 1.14. The summed E-state index contributed by atoms with van der Waals surface area (Å²) in [6.45, 7) is 1.46. The Hall–Kier alpha value is -1.36. The Balaban J connectivity index is 2.94. The molecule has 0 heterocycles. The summed E-state index contributed by atoms with van der Waals surface area (Å²) in [5.74, 6) is -0.799. The Morgan fingerprint density at radius 2 is 2.06 bits per heavy atom. The zero-order chi connectivity index (χ0) is 12.1. The van der Waals surface area contributed by atoms with Crippen LogP contribution in [-0.4, -0.2) is 19.0 Å². The zero-order valence-corrected chi connectivity index (χ0v) is 10.5. The van der Waals surface area contributed by atoms with E-state index in [0.717, 1.165) is 5.56 Å². The van der Waals surface area contributed by atoms with Gasteiger partial charge in [0.1, 0.15) is 6.61 Å².